The summed E-state index contributed by atoms with van der Waals surface area (Å²) in [5.41, 5.74) is 0.153. The summed E-state index contributed by atoms with van der Waals surface area (Å²) < 4.78 is 49.3. The van der Waals surface area contributed by atoms with E-state index in [2.05, 4.69) is 11.8 Å². The Morgan fingerprint density at radius 1 is 1.03 bits per heavy atom. The van der Waals surface area contributed by atoms with Gasteiger partial charge in [0.25, 0.3) is 0 Å². The Bertz CT molecular complexity index is 1090. The van der Waals surface area contributed by atoms with E-state index in [4.69, 9.17) is 4.74 Å². The lowest BCUT2D eigenvalue weighted by atomic mass is 9.77. The monoisotopic (exact) mass is 503 g/mol. The Kier molecular flexibility index (Phi) is 6.96. The van der Waals surface area contributed by atoms with Crippen LogP contribution in [0.4, 0.5) is 13.2 Å². The third-order valence-corrected chi connectivity index (χ3v) is 8.86. The molecule has 2 unspecified atom stereocenters. The molecule has 2 heterocycles. The van der Waals surface area contributed by atoms with Gasteiger partial charge in [-0.3, -0.25) is 9.69 Å². The molecule has 196 valence electrons. The van der Waals surface area contributed by atoms with Crippen molar-refractivity contribution >= 4 is 16.7 Å². The van der Waals surface area contributed by atoms with Crippen LogP contribution in [0.3, 0.4) is 0 Å². The van der Waals surface area contributed by atoms with Gasteiger partial charge in [-0.1, -0.05) is 31.5 Å². The van der Waals surface area contributed by atoms with Crippen molar-refractivity contribution in [3.8, 4) is 5.75 Å². The Hall–Kier alpha value is -2.28. The standard InChI is InChI=1S/C29H36F3NO3/c1-17-6-11-24(12-7-17)36-26-13-10-19-8-9-20(16-25(19)27(26)29(30,31)32)18(2)33-22-4-3-5-23(33)15-21(14-22)28(34)35/h8-10,13,16-18,21-24H,3-7,11-12,14-15H2,1-2H3,(H,34,35)/t17?,18-,21?,22?,23?,24?/m0/s1. The number of hydrogen-bond acceptors (Lipinski definition) is 3. The number of aliphatic carboxylic acids is 1. The van der Waals surface area contributed by atoms with Gasteiger partial charge in [-0.05, 0) is 92.7 Å². The van der Waals surface area contributed by atoms with Gasteiger partial charge in [0.05, 0.1) is 12.0 Å². The molecule has 3 atom stereocenters. The minimum Gasteiger partial charge on any atom is -0.490 e. The van der Waals surface area contributed by atoms with Gasteiger partial charge in [0.15, 0.2) is 0 Å². The first-order valence-electron chi connectivity index (χ1n) is 13.4. The van der Waals surface area contributed by atoms with E-state index < -0.39 is 17.7 Å². The third-order valence-electron chi connectivity index (χ3n) is 8.86. The van der Waals surface area contributed by atoms with Gasteiger partial charge < -0.3 is 9.84 Å². The quantitative estimate of drug-likeness (QED) is 0.457. The zero-order chi connectivity index (χ0) is 25.6. The van der Waals surface area contributed by atoms with Crippen molar-refractivity contribution in [1.82, 2.24) is 4.90 Å². The van der Waals surface area contributed by atoms with Crippen LogP contribution >= 0.6 is 0 Å². The Balaban J connectivity index is 1.48. The Morgan fingerprint density at radius 3 is 2.28 bits per heavy atom. The smallest absolute Gasteiger partial charge is 0.420 e. The lowest BCUT2D eigenvalue weighted by molar-refractivity contribution is -0.147. The molecule has 4 nitrogen and oxygen atoms in total. The van der Waals surface area contributed by atoms with Crippen molar-refractivity contribution in [2.75, 3.05) is 0 Å². The first-order valence-corrected chi connectivity index (χ1v) is 13.4. The molecular weight excluding hydrogens is 467 g/mol. The molecule has 3 aliphatic rings. The highest BCUT2D eigenvalue weighted by Gasteiger charge is 2.43. The summed E-state index contributed by atoms with van der Waals surface area (Å²) in [5.74, 6) is -0.550. The van der Waals surface area contributed by atoms with Crippen LogP contribution in [-0.2, 0) is 11.0 Å². The fraction of sp³-hybridized carbons (Fsp3) is 0.621. The predicted octanol–water partition coefficient (Wildman–Crippen LogP) is 7.59. The van der Waals surface area contributed by atoms with Crippen molar-refractivity contribution in [2.45, 2.75) is 102 Å². The summed E-state index contributed by atoms with van der Waals surface area (Å²) in [6, 6.07) is 8.81. The van der Waals surface area contributed by atoms with Crippen LogP contribution in [0.15, 0.2) is 30.3 Å². The average molecular weight is 504 g/mol. The summed E-state index contributed by atoms with van der Waals surface area (Å²) in [5, 5.41) is 10.3. The molecule has 2 aliphatic heterocycles. The highest BCUT2D eigenvalue weighted by molar-refractivity contribution is 5.89. The lowest BCUT2D eigenvalue weighted by Crippen LogP contribution is -2.53. The van der Waals surface area contributed by atoms with Crippen molar-refractivity contribution in [1.29, 1.82) is 0 Å². The van der Waals surface area contributed by atoms with E-state index in [-0.39, 0.29) is 41.3 Å². The van der Waals surface area contributed by atoms with Gasteiger partial charge in [-0.25, -0.2) is 0 Å². The molecule has 0 spiro atoms. The second-order valence-corrected chi connectivity index (χ2v) is 11.3. The second kappa shape index (κ2) is 9.88. The topological polar surface area (TPSA) is 49.8 Å². The molecule has 7 heteroatoms. The Morgan fingerprint density at radius 2 is 1.67 bits per heavy atom. The molecule has 1 aliphatic carbocycles. The number of alkyl halides is 3. The van der Waals surface area contributed by atoms with Crippen molar-refractivity contribution in [2.24, 2.45) is 11.8 Å². The van der Waals surface area contributed by atoms with Crippen LogP contribution in [0.25, 0.3) is 10.8 Å². The van der Waals surface area contributed by atoms with Crippen molar-refractivity contribution in [3.05, 3.63) is 41.5 Å². The number of rotatable bonds is 5. The van der Waals surface area contributed by atoms with Crippen LogP contribution in [0, 0.1) is 11.8 Å². The maximum absolute atomic E-state index is 14.4. The molecule has 5 rings (SSSR count). The van der Waals surface area contributed by atoms with Crippen LogP contribution in [-0.4, -0.2) is 34.2 Å². The number of halogens is 3. The number of nitrogens with zero attached hydrogens (tertiary/aromatic N) is 1. The number of hydrogen-bond donors (Lipinski definition) is 1. The molecular formula is C29H36F3NO3. The minimum absolute atomic E-state index is 0.0708. The lowest BCUT2D eigenvalue weighted by Gasteiger charge is -2.51. The maximum atomic E-state index is 14.4. The van der Waals surface area contributed by atoms with E-state index in [9.17, 15) is 23.1 Å². The summed E-state index contributed by atoms with van der Waals surface area (Å²) in [7, 11) is 0. The first-order chi connectivity index (χ1) is 17.1. The second-order valence-electron chi connectivity index (χ2n) is 11.3. The number of carboxylic acids is 1. The summed E-state index contributed by atoms with van der Waals surface area (Å²) in [6.45, 7) is 4.22. The van der Waals surface area contributed by atoms with Crippen LogP contribution in [0.1, 0.15) is 88.8 Å². The van der Waals surface area contributed by atoms with E-state index in [0.717, 1.165) is 50.5 Å². The van der Waals surface area contributed by atoms with Crippen molar-refractivity contribution < 1.29 is 27.8 Å². The largest absolute Gasteiger partial charge is 0.490 e. The summed E-state index contributed by atoms with van der Waals surface area (Å²) >= 11 is 0. The molecule has 2 saturated heterocycles. The number of carbonyl (C=O) groups is 1. The minimum atomic E-state index is -4.53. The van der Waals surface area contributed by atoms with Gasteiger partial charge in [0.2, 0.25) is 0 Å². The number of benzene rings is 2. The molecule has 0 radical (unpaired) electrons. The molecule has 0 amide bonds. The van der Waals surface area contributed by atoms with E-state index in [1.54, 1.807) is 18.2 Å². The molecule has 2 aromatic carbocycles. The van der Waals surface area contributed by atoms with E-state index in [1.165, 1.54) is 6.07 Å². The normalized spacial score (nSPS) is 30.2. The van der Waals surface area contributed by atoms with E-state index >= 15 is 0 Å². The number of carboxylic acid groups (broad SMARTS) is 1. The van der Waals surface area contributed by atoms with Gasteiger partial charge in [-0.15, -0.1) is 0 Å². The van der Waals surface area contributed by atoms with Gasteiger partial charge >= 0.3 is 12.1 Å². The molecule has 1 saturated carbocycles. The maximum Gasteiger partial charge on any atom is 0.420 e. The van der Waals surface area contributed by atoms with Crippen LogP contribution in [0.5, 0.6) is 5.75 Å². The van der Waals surface area contributed by atoms with Gasteiger partial charge in [0.1, 0.15) is 11.3 Å². The molecule has 2 aromatic rings. The van der Waals surface area contributed by atoms with Crippen molar-refractivity contribution in [3.63, 3.8) is 0 Å². The van der Waals surface area contributed by atoms with Gasteiger partial charge in [0, 0.05) is 18.1 Å². The fourth-order valence-electron chi connectivity index (χ4n) is 6.92. The SMILES string of the molecule is CC1CCC(Oc2ccc3ccc([C@H](C)N4C5CCCC4CC(C(=O)O)C5)cc3c2C(F)(F)F)CC1. The highest BCUT2D eigenvalue weighted by Crippen LogP contribution is 2.45. The highest BCUT2D eigenvalue weighted by atomic mass is 19.4. The molecule has 2 bridgehead atoms. The molecule has 3 fully saturated rings. The number of piperidine rings is 2. The first kappa shape index (κ1) is 25.4. The average Bonchev–Trinajstić information content (AvgIpc) is 2.82. The molecule has 1 N–H and O–H groups in total. The number of ether oxygens (including phenoxy) is 1. The zero-order valence-corrected chi connectivity index (χ0v) is 21.1. The third kappa shape index (κ3) is 4.96. The van der Waals surface area contributed by atoms with E-state index in [1.807, 2.05) is 13.0 Å². The Labute approximate surface area is 210 Å². The fourth-order valence-corrected chi connectivity index (χ4v) is 6.92. The van der Waals surface area contributed by atoms with Crippen LogP contribution in [0.2, 0.25) is 0 Å². The summed E-state index contributed by atoms with van der Waals surface area (Å²) in [6.07, 6.45) is 2.95. The molecule has 36 heavy (non-hydrogen) atoms. The zero-order valence-electron chi connectivity index (χ0n) is 21.1. The van der Waals surface area contributed by atoms with Crippen LogP contribution < -0.4 is 4.74 Å². The number of fused-ring (bicyclic) bond motifs is 3. The predicted molar refractivity (Wildman–Crippen MR) is 133 cm³/mol. The van der Waals surface area contributed by atoms with E-state index in [0.29, 0.717) is 24.1 Å². The molecule has 0 aromatic heterocycles. The van der Waals surface area contributed by atoms with Gasteiger partial charge in [-0.2, -0.15) is 13.2 Å². The summed E-state index contributed by atoms with van der Waals surface area (Å²) in [4.78, 5) is 14.0.